The molecular formula is C13H18ClN3O2. The number of aliphatic hydroxyl groups excluding tert-OH is 1. The Kier molecular flexibility index (Phi) is 4.06. The van der Waals surface area contributed by atoms with Crippen molar-refractivity contribution in [3.63, 3.8) is 0 Å². The number of hydrogen-bond donors (Lipinski definition) is 2. The van der Waals surface area contributed by atoms with E-state index >= 15 is 0 Å². The molecule has 0 unspecified atom stereocenters. The van der Waals surface area contributed by atoms with Crippen LogP contribution < -0.4 is 5.32 Å². The average Bonchev–Trinajstić information content (AvgIpc) is 3.17. The predicted molar refractivity (Wildman–Crippen MR) is 72.2 cm³/mol. The summed E-state index contributed by atoms with van der Waals surface area (Å²) in [5.74, 6) is 0.419. The van der Waals surface area contributed by atoms with Crippen molar-refractivity contribution in [1.82, 2.24) is 15.3 Å². The monoisotopic (exact) mass is 283 g/mol. The molecule has 104 valence electrons. The molecule has 0 aliphatic heterocycles. The number of hydrogen-bond acceptors (Lipinski definition) is 4. The van der Waals surface area contributed by atoms with Crippen molar-refractivity contribution in [3.05, 3.63) is 22.7 Å². The zero-order valence-corrected chi connectivity index (χ0v) is 11.9. The summed E-state index contributed by atoms with van der Waals surface area (Å²) in [6.07, 6.45) is 3.34. The quantitative estimate of drug-likeness (QED) is 0.863. The Bertz CT molecular complexity index is 487. The number of aliphatic hydroxyl groups is 1. The number of halogens is 1. The molecule has 6 heteroatoms. The van der Waals surface area contributed by atoms with E-state index in [9.17, 15) is 9.90 Å². The first-order valence-corrected chi connectivity index (χ1v) is 6.77. The van der Waals surface area contributed by atoms with E-state index in [4.69, 9.17) is 11.6 Å². The molecule has 1 aliphatic rings. The molecule has 0 aromatic carbocycles. The number of nitrogens with zero attached hydrogens (tertiary/aromatic N) is 2. The summed E-state index contributed by atoms with van der Waals surface area (Å²) in [5.41, 5.74) is 0.0740. The van der Waals surface area contributed by atoms with Gasteiger partial charge in [0, 0.05) is 17.9 Å². The highest BCUT2D eigenvalue weighted by molar-refractivity contribution is 6.33. The van der Waals surface area contributed by atoms with Crippen LogP contribution in [0.4, 0.5) is 0 Å². The first kappa shape index (κ1) is 14.2. The Morgan fingerprint density at radius 3 is 2.79 bits per heavy atom. The van der Waals surface area contributed by atoms with Gasteiger partial charge in [0.2, 0.25) is 0 Å². The van der Waals surface area contributed by atoms with Crippen molar-refractivity contribution in [3.8, 4) is 0 Å². The van der Waals surface area contributed by atoms with Gasteiger partial charge >= 0.3 is 0 Å². The minimum Gasteiger partial charge on any atom is -0.396 e. The van der Waals surface area contributed by atoms with Gasteiger partial charge in [-0.25, -0.2) is 9.97 Å². The normalized spacial score (nSPS) is 16.5. The lowest BCUT2D eigenvalue weighted by molar-refractivity contribution is 0.0930. The Hall–Kier alpha value is -1.20. The fourth-order valence-electron chi connectivity index (χ4n) is 1.74. The summed E-state index contributed by atoms with van der Waals surface area (Å²) >= 11 is 5.96. The molecule has 0 saturated heterocycles. The van der Waals surface area contributed by atoms with Gasteiger partial charge in [0.05, 0.1) is 17.8 Å². The first-order valence-electron chi connectivity index (χ1n) is 6.39. The van der Waals surface area contributed by atoms with E-state index in [-0.39, 0.29) is 34.6 Å². The van der Waals surface area contributed by atoms with E-state index in [2.05, 4.69) is 15.3 Å². The minimum absolute atomic E-state index is 0.0992. The van der Waals surface area contributed by atoms with Gasteiger partial charge in [-0.3, -0.25) is 4.79 Å². The van der Waals surface area contributed by atoms with Gasteiger partial charge < -0.3 is 10.4 Å². The van der Waals surface area contributed by atoms with Crippen molar-refractivity contribution in [2.24, 2.45) is 5.41 Å². The summed E-state index contributed by atoms with van der Waals surface area (Å²) in [6, 6.07) is 0. The van der Waals surface area contributed by atoms with Crippen LogP contribution in [-0.4, -0.2) is 34.1 Å². The van der Waals surface area contributed by atoms with Crippen LogP contribution in [0.25, 0.3) is 0 Å². The molecule has 0 bridgehead atoms. The molecule has 1 aromatic heterocycles. The van der Waals surface area contributed by atoms with Crippen LogP contribution in [0.2, 0.25) is 5.02 Å². The third-order valence-electron chi connectivity index (χ3n) is 3.41. The van der Waals surface area contributed by atoms with Crippen LogP contribution in [0.5, 0.6) is 0 Å². The molecule has 0 atom stereocenters. The Morgan fingerprint density at radius 2 is 2.26 bits per heavy atom. The van der Waals surface area contributed by atoms with Crippen LogP contribution in [0.15, 0.2) is 6.20 Å². The maximum absolute atomic E-state index is 12.1. The van der Waals surface area contributed by atoms with Gasteiger partial charge in [0.1, 0.15) is 11.5 Å². The van der Waals surface area contributed by atoms with E-state index < -0.39 is 0 Å². The molecule has 0 radical (unpaired) electrons. The third-order valence-corrected chi connectivity index (χ3v) is 3.69. The lowest BCUT2D eigenvalue weighted by Gasteiger charge is -2.13. The van der Waals surface area contributed by atoms with Gasteiger partial charge in [0.15, 0.2) is 0 Å². The zero-order chi connectivity index (χ0) is 14.0. The van der Waals surface area contributed by atoms with Crippen molar-refractivity contribution in [2.75, 3.05) is 13.2 Å². The maximum Gasteiger partial charge on any atom is 0.271 e. The van der Waals surface area contributed by atoms with Gasteiger partial charge in [-0.1, -0.05) is 25.4 Å². The molecule has 1 heterocycles. The Morgan fingerprint density at radius 1 is 1.58 bits per heavy atom. The number of aromatic nitrogens is 2. The van der Waals surface area contributed by atoms with E-state index in [1.165, 1.54) is 6.20 Å². The highest BCUT2D eigenvalue weighted by Crippen LogP contribution is 2.44. The summed E-state index contributed by atoms with van der Waals surface area (Å²) in [6.45, 7) is 4.47. The average molecular weight is 284 g/mol. The number of nitrogens with one attached hydrogen (secondary N) is 1. The summed E-state index contributed by atoms with van der Waals surface area (Å²) in [5, 5.41) is 12.2. The standard InChI is InChI=1S/C13H18ClN3O2/c1-8(2)11-15-5-9(14)10(17-11)12(19)16-6-13(7-18)3-4-13/h5,8,18H,3-4,6-7H2,1-2H3,(H,16,19). The largest absolute Gasteiger partial charge is 0.396 e. The van der Waals surface area contributed by atoms with Gasteiger partial charge in [0.25, 0.3) is 5.91 Å². The van der Waals surface area contributed by atoms with Crippen molar-refractivity contribution in [1.29, 1.82) is 0 Å². The third kappa shape index (κ3) is 3.22. The van der Waals surface area contributed by atoms with E-state index in [1.807, 2.05) is 13.8 Å². The lowest BCUT2D eigenvalue weighted by atomic mass is 10.1. The fraction of sp³-hybridized carbons (Fsp3) is 0.615. The maximum atomic E-state index is 12.1. The minimum atomic E-state index is -0.311. The van der Waals surface area contributed by atoms with Crippen molar-refractivity contribution < 1.29 is 9.90 Å². The molecule has 2 N–H and O–H groups in total. The van der Waals surface area contributed by atoms with Crippen LogP contribution in [-0.2, 0) is 0 Å². The second-order valence-electron chi connectivity index (χ2n) is 5.42. The van der Waals surface area contributed by atoms with Crippen LogP contribution in [0.1, 0.15) is 48.9 Å². The molecule has 1 aromatic rings. The topological polar surface area (TPSA) is 75.1 Å². The number of amides is 1. The lowest BCUT2D eigenvalue weighted by Crippen LogP contribution is -2.32. The van der Waals surface area contributed by atoms with Crippen LogP contribution in [0, 0.1) is 5.41 Å². The van der Waals surface area contributed by atoms with E-state index in [0.29, 0.717) is 12.4 Å². The summed E-state index contributed by atoms with van der Waals surface area (Å²) in [4.78, 5) is 20.4. The zero-order valence-electron chi connectivity index (χ0n) is 11.1. The van der Waals surface area contributed by atoms with Gasteiger partial charge in [-0.05, 0) is 12.8 Å². The molecule has 5 nitrogen and oxygen atoms in total. The molecule has 1 saturated carbocycles. The summed E-state index contributed by atoms with van der Waals surface area (Å²) < 4.78 is 0. The highest BCUT2D eigenvalue weighted by Gasteiger charge is 2.42. The Balaban J connectivity index is 2.07. The van der Waals surface area contributed by atoms with Crippen LogP contribution in [0.3, 0.4) is 0 Å². The molecular weight excluding hydrogens is 266 g/mol. The Labute approximate surface area is 117 Å². The number of rotatable bonds is 5. The first-order chi connectivity index (χ1) is 8.97. The fourth-order valence-corrected chi connectivity index (χ4v) is 1.91. The predicted octanol–water partition coefficient (Wildman–Crippen LogP) is 1.76. The van der Waals surface area contributed by atoms with Crippen molar-refractivity contribution >= 4 is 17.5 Å². The number of carbonyl (C=O) groups excluding carboxylic acids is 1. The van der Waals surface area contributed by atoms with Crippen LogP contribution >= 0.6 is 11.6 Å². The molecule has 1 aliphatic carbocycles. The molecule has 1 fully saturated rings. The van der Waals surface area contributed by atoms with Gasteiger partial charge in [-0.15, -0.1) is 0 Å². The smallest absolute Gasteiger partial charge is 0.271 e. The van der Waals surface area contributed by atoms with E-state index in [0.717, 1.165) is 12.8 Å². The second kappa shape index (κ2) is 5.43. The summed E-state index contributed by atoms with van der Waals surface area (Å²) in [7, 11) is 0. The van der Waals surface area contributed by atoms with Gasteiger partial charge in [-0.2, -0.15) is 0 Å². The number of carbonyl (C=O) groups is 1. The molecule has 2 rings (SSSR count). The highest BCUT2D eigenvalue weighted by atomic mass is 35.5. The second-order valence-corrected chi connectivity index (χ2v) is 5.83. The molecule has 0 spiro atoms. The van der Waals surface area contributed by atoms with E-state index in [1.54, 1.807) is 0 Å². The van der Waals surface area contributed by atoms with Crippen molar-refractivity contribution in [2.45, 2.75) is 32.6 Å². The SMILES string of the molecule is CC(C)c1ncc(Cl)c(C(=O)NCC2(CO)CC2)n1. The molecule has 19 heavy (non-hydrogen) atoms. The molecule has 1 amide bonds.